The summed E-state index contributed by atoms with van der Waals surface area (Å²) in [6.07, 6.45) is 4.04. The average Bonchev–Trinajstić information content (AvgIpc) is 3.28. The molecule has 3 amide bonds. The molecule has 2 rings (SSSR count). The number of aromatic amines is 1. The molecule has 7 N–H and O–H groups in total. The smallest absolute Gasteiger partial charge is 0.326 e. The normalized spacial score (nSPS) is 18.7. The third kappa shape index (κ3) is 5.51. The van der Waals surface area contributed by atoms with Gasteiger partial charge in [-0.1, -0.05) is 0 Å². The van der Waals surface area contributed by atoms with Crippen LogP contribution in [-0.4, -0.2) is 68.3 Å². The highest BCUT2D eigenvalue weighted by Crippen LogP contribution is 2.19. The van der Waals surface area contributed by atoms with Crippen molar-refractivity contribution in [3.63, 3.8) is 0 Å². The molecule has 0 radical (unpaired) electrons. The van der Waals surface area contributed by atoms with Gasteiger partial charge in [-0.3, -0.25) is 14.4 Å². The lowest BCUT2D eigenvalue weighted by molar-refractivity contribution is -0.144. The van der Waals surface area contributed by atoms with Crippen molar-refractivity contribution < 1.29 is 24.3 Å². The first-order chi connectivity index (χ1) is 12.8. The number of carbonyl (C=O) groups is 4. The van der Waals surface area contributed by atoms with Gasteiger partial charge >= 0.3 is 5.97 Å². The van der Waals surface area contributed by atoms with Crippen molar-refractivity contribution >= 4 is 23.7 Å². The number of aliphatic carboxylic acids is 1. The molecule has 1 aliphatic heterocycles. The Labute approximate surface area is 155 Å². The van der Waals surface area contributed by atoms with Gasteiger partial charge in [-0.05, 0) is 19.3 Å². The minimum atomic E-state index is -1.27. The van der Waals surface area contributed by atoms with Crippen molar-refractivity contribution in [1.29, 1.82) is 0 Å². The van der Waals surface area contributed by atoms with Crippen LogP contribution in [0.1, 0.15) is 31.4 Å². The molecule has 3 atom stereocenters. The van der Waals surface area contributed by atoms with Crippen molar-refractivity contribution in [3.8, 4) is 0 Å². The van der Waals surface area contributed by atoms with Crippen LogP contribution < -0.4 is 16.8 Å². The fourth-order valence-electron chi connectivity index (χ4n) is 3.05. The molecule has 0 bridgehead atoms. The van der Waals surface area contributed by atoms with Gasteiger partial charge in [0.15, 0.2) is 0 Å². The van der Waals surface area contributed by atoms with Crippen LogP contribution in [0.25, 0.3) is 0 Å². The highest BCUT2D eigenvalue weighted by molar-refractivity contribution is 5.92. The van der Waals surface area contributed by atoms with Crippen molar-refractivity contribution in [2.75, 3.05) is 6.54 Å². The van der Waals surface area contributed by atoms with Crippen LogP contribution >= 0.6 is 0 Å². The number of nitrogens with one attached hydrogen (secondary N) is 2. The summed E-state index contributed by atoms with van der Waals surface area (Å²) in [5.41, 5.74) is 11.7. The van der Waals surface area contributed by atoms with Crippen LogP contribution in [-0.2, 0) is 25.6 Å². The summed E-state index contributed by atoms with van der Waals surface area (Å²) in [6.45, 7) is 0.368. The molecule has 0 aromatic carbocycles. The van der Waals surface area contributed by atoms with Crippen LogP contribution in [0.2, 0.25) is 0 Å². The zero-order valence-corrected chi connectivity index (χ0v) is 14.8. The summed E-state index contributed by atoms with van der Waals surface area (Å²) in [4.78, 5) is 55.4. The highest BCUT2D eigenvalue weighted by Gasteiger charge is 2.37. The number of carboxylic acids is 1. The number of amides is 3. The molecule has 2 heterocycles. The number of nitrogens with two attached hydrogens (primary N) is 2. The van der Waals surface area contributed by atoms with Gasteiger partial charge < -0.3 is 31.8 Å². The predicted octanol–water partition coefficient (Wildman–Crippen LogP) is -1.89. The summed E-state index contributed by atoms with van der Waals surface area (Å²) in [5, 5.41) is 11.6. The van der Waals surface area contributed by atoms with E-state index in [1.54, 1.807) is 6.20 Å². The molecule has 1 aromatic rings. The standard InChI is InChI=1S/C16H24N6O5/c17-10(6-9-7-19-8-20-9)15(25)22-5-1-2-12(22)14(24)21-11(16(26)27)3-4-13(18)23/h7-8,10-12H,1-6,17H2,(H2,18,23)(H,19,20)(H,21,24)(H,26,27). The van der Waals surface area contributed by atoms with E-state index in [2.05, 4.69) is 15.3 Å². The molecule has 11 heteroatoms. The van der Waals surface area contributed by atoms with Gasteiger partial charge in [-0.15, -0.1) is 0 Å². The zero-order valence-electron chi connectivity index (χ0n) is 14.8. The molecule has 1 saturated heterocycles. The van der Waals surface area contributed by atoms with E-state index in [1.165, 1.54) is 11.2 Å². The number of H-pyrrole nitrogens is 1. The van der Waals surface area contributed by atoms with Crippen molar-refractivity contribution in [1.82, 2.24) is 20.2 Å². The molecular weight excluding hydrogens is 356 g/mol. The summed E-state index contributed by atoms with van der Waals surface area (Å²) >= 11 is 0. The van der Waals surface area contributed by atoms with Crippen LogP contribution in [0.5, 0.6) is 0 Å². The predicted molar refractivity (Wildman–Crippen MR) is 93.0 cm³/mol. The number of primary amides is 1. The number of carboxylic acid groups (broad SMARTS) is 1. The SMILES string of the molecule is NC(=O)CCC(NC(=O)C1CCCN1C(=O)C(N)Cc1cnc[nH]1)C(=O)O. The van der Waals surface area contributed by atoms with E-state index in [0.717, 1.165) is 0 Å². The summed E-state index contributed by atoms with van der Waals surface area (Å²) < 4.78 is 0. The molecule has 1 fully saturated rings. The maximum atomic E-state index is 12.6. The highest BCUT2D eigenvalue weighted by atomic mass is 16.4. The van der Waals surface area contributed by atoms with Gasteiger partial charge in [0.1, 0.15) is 12.1 Å². The molecule has 0 saturated carbocycles. The molecule has 1 aliphatic rings. The van der Waals surface area contributed by atoms with Crippen LogP contribution in [0, 0.1) is 0 Å². The zero-order chi connectivity index (χ0) is 20.0. The average molecular weight is 380 g/mol. The summed E-state index contributed by atoms with van der Waals surface area (Å²) in [6, 6.07) is -2.88. The van der Waals surface area contributed by atoms with Crippen LogP contribution in [0.4, 0.5) is 0 Å². The second-order valence-corrected chi connectivity index (χ2v) is 6.48. The Morgan fingerprint density at radius 3 is 2.74 bits per heavy atom. The van der Waals surface area contributed by atoms with E-state index in [4.69, 9.17) is 11.5 Å². The lowest BCUT2D eigenvalue weighted by atomic mass is 10.1. The first kappa shape index (κ1) is 20.4. The van der Waals surface area contributed by atoms with E-state index in [-0.39, 0.29) is 25.2 Å². The first-order valence-electron chi connectivity index (χ1n) is 8.64. The van der Waals surface area contributed by atoms with Crippen molar-refractivity contribution in [2.24, 2.45) is 11.5 Å². The second kappa shape index (κ2) is 9.12. The Bertz CT molecular complexity index is 691. The fourth-order valence-corrected chi connectivity index (χ4v) is 3.05. The van der Waals surface area contributed by atoms with Gasteiger partial charge in [0.25, 0.3) is 0 Å². The Morgan fingerprint density at radius 2 is 2.15 bits per heavy atom. The molecule has 3 unspecified atom stereocenters. The number of rotatable bonds is 9. The monoisotopic (exact) mass is 380 g/mol. The minimum Gasteiger partial charge on any atom is -0.480 e. The molecule has 11 nitrogen and oxygen atoms in total. The number of carbonyl (C=O) groups excluding carboxylic acids is 3. The third-order valence-corrected chi connectivity index (χ3v) is 4.44. The number of imidazole rings is 1. The van der Waals surface area contributed by atoms with Gasteiger partial charge in [-0.2, -0.15) is 0 Å². The lowest BCUT2D eigenvalue weighted by Crippen LogP contribution is -2.54. The Morgan fingerprint density at radius 1 is 1.41 bits per heavy atom. The lowest BCUT2D eigenvalue weighted by Gasteiger charge is -2.27. The fraction of sp³-hybridized carbons (Fsp3) is 0.562. The summed E-state index contributed by atoms with van der Waals surface area (Å²) in [7, 11) is 0. The van der Waals surface area contributed by atoms with Crippen molar-refractivity contribution in [3.05, 3.63) is 18.2 Å². The molecule has 0 spiro atoms. The van der Waals surface area contributed by atoms with E-state index < -0.39 is 35.9 Å². The van der Waals surface area contributed by atoms with Gasteiger partial charge in [0.05, 0.1) is 12.4 Å². The minimum absolute atomic E-state index is 0.115. The number of aromatic nitrogens is 2. The number of nitrogens with zero attached hydrogens (tertiary/aromatic N) is 2. The maximum absolute atomic E-state index is 12.6. The van der Waals surface area contributed by atoms with E-state index in [1.807, 2.05) is 0 Å². The molecular formula is C16H24N6O5. The third-order valence-electron chi connectivity index (χ3n) is 4.44. The topological polar surface area (TPSA) is 184 Å². The molecule has 148 valence electrons. The number of likely N-dealkylation sites (tertiary alicyclic amines) is 1. The number of hydrogen-bond donors (Lipinski definition) is 5. The second-order valence-electron chi connectivity index (χ2n) is 6.48. The van der Waals surface area contributed by atoms with E-state index in [9.17, 15) is 24.3 Å². The van der Waals surface area contributed by atoms with Gasteiger partial charge in [0.2, 0.25) is 17.7 Å². The quantitative estimate of drug-likeness (QED) is 0.331. The molecule has 1 aromatic heterocycles. The Balaban J connectivity index is 1.98. The Hall–Kier alpha value is -2.95. The largest absolute Gasteiger partial charge is 0.480 e. The summed E-state index contributed by atoms with van der Waals surface area (Å²) in [5.74, 6) is -2.88. The maximum Gasteiger partial charge on any atom is 0.326 e. The molecule has 27 heavy (non-hydrogen) atoms. The first-order valence-corrected chi connectivity index (χ1v) is 8.64. The molecule has 0 aliphatic carbocycles. The van der Waals surface area contributed by atoms with Crippen molar-refractivity contribution in [2.45, 2.75) is 50.2 Å². The van der Waals surface area contributed by atoms with E-state index >= 15 is 0 Å². The van der Waals surface area contributed by atoms with E-state index in [0.29, 0.717) is 25.1 Å². The Kier molecular flexibility index (Phi) is 6.88. The van der Waals surface area contributed by atoms with Gasteiger partial charge in [0, 0.05) is 31.3 Å². The number of hydrogen-bond acceptors (Lipinski definition) is 6. The van der Waals surface area contributed by atoms with Crippen LogP contribution in [0.15, 0.2) is 12.5 Å². The van der Waals surface area contributed by atoms with Crippen LogP contribution in [0.3, 0.4) is 0 Å². The van der Waals surface area contributed by atoms with Gasteiger partial charge in [-0.25, -0.2) is 9.78 Å².